The van der Waals surface area contributed by atoms with Crippen LogP contribution in [0.5, 0.6) is 0 Å². The Balaban J connectivity index is 5.37. The van der Waals surface area contributed by atoms with Crippen LogP contribution in [0.3, 0.4) is 0 Å². The molecule has 3 amide bonds. The molecule has 0 rings (SSSR count). The van der Waals surface area contributed by atoms with Crippen molar-refractivity contribution in [3.8, 4) is 0 Å². The van der Waals surface area contributed by atoms with Crippen LogP contribution in [-0.4, -0.2) is 76.7 Å². The van der Waals surface area contributed by atoms with E-state index in [0.29, 0.717) is 6.42 Å². The number of guanidine groups is 1. The van der Waals surface area contributed by atoms with Crippen LogP contribution in [0.1, 0.15) is 40.5 Å². The number of aliphatic carboxylic acids is 1. The van der Waals surface area contributed by atoms with E-state index < -0.39 is 54.0 Å². The molecule has 0 aliphatic rings. The summed E-state index contributed by atoms with van der Waals surface area (Å²) in [7, 11) is 0. The number of hydrogen-bond acceptors (Lipinski definition) is 7. The van der Waals surface area contributed by atoms with Gasteiger partial charge in [0.2, 0.25) is 17.7 Å². The first-order chi connectivity index (χ1) is 14.3. The number of carbonyl (C=O) groups excluding carboxylic acids is 3. The first kappa shape index (κ1) is 28.1. The predicted octanol–water partition coefficient (Wildman–Crippen LogP) is -3.04. The minimum absolute atomic E-state index is 0.0761. The summed E-state index contributed by atoms with van der Waals surface area (Å²) in [5.74, 6) is -3.81. The molecule has 0 aromatic carbocycles. The maximum atomic E-state index is 12.7. The van der Waals surface area contributed by atoms with Crippen molar-refractivity contribution < 1.29 is 29.4 Å². The Morgan fingerprint density at radius 1 is 0.935 bits per heavy atom. The van der Waals surface area contributed by atoms with E-state index in [2.05, 4.69) is 20.9 Å². The zero-order chi connectivity index (χ0) is 24.3. The minimum Gasteiger partial charge on any atom is -0.480 e. The first-order valence-electron chi connectivity index (χ1n) is 9.90. The van der Waals surface area contributed by atoms with Gasteiger partial charge in [0.25, 0.3) is 0 Å². The second-order valence-corrected chi connectivity index (χ2v) is 7.58. The molecule has 13 heteroatoms. The first-order valence-corrected chi connectivity index (χ1v) is 9.90. The Labute approximate surface area is 181 Å². The third-order valence-electron chi connectivity index (χ3n) is 4.39. The molecule has 0 spiro atoms. The van der Waals surface area contributed by atoms with Gasteiger partial charge in [-0.25, -0.2) is 0 Å². The highest BCUT2D eigenvalue weighted by atomic mass is 16.4. The van der Waals surface area contributed by atoms with Crippen LogP contribution < -0.4 is 33.2 Å². The SMILES string of the molecule is CC(C)[C@H](N)C(=O)N[C@H](C(=O)N[C@@H](CCCN=C(N)N)C(=O)N[C@@H](C)C(=O)O)[C@@H](C)O. The van der Waals surface area contributed by atoms with Gasteiger partial charge in [0, 0.05) is 6.54 Å². The van der Waals surface area contributed by atoms with Gasteiger partial charge in [0.15, 0.2) is 5.96 Å². The van der Waals surface area contributed by atoms with Crippen molar-refractivity contribution in [1.29, 1.82) is 0 Å². The second kappa shape index (κ2) is 13.4. The largest absolute Gasteiger partial charge is 0.480 e. The number of rotatable bonds is 13. The summed E-state index contributed by atoms with van der Waals surface area (Å²) in [5, 5.41) is 26.0. The van der Waals surface area contributed by atoms with Crippen molar-refractivity contribution in [3.05, 3.63) is 0 Å². The smallest absolute Gasteiger partial charge is 0.325 e. The summed E-state index contributed by atoms with van der Waals surface area (Å²) in [4.78, 5) is 52.2. The fourth-order valence-corrected chi connectivity index (χ4v) is 2.37. The van der Waals surface area contributed by atoms with Gasteiger partial charge >= 0.3 is 5.97 Å². The van der Waals surface area contributed by atoms with Gasteiger partial charge in [0.05, 0.1) is 12.1 Å². The van der Waals surface area contributed by atoms with Gasteiger partial charge in [-0.3, -0.25) is 24.2 Å². The lowest BCUT2D eigenvalue weighted by Gasteiger charge is -2.26. The van der Waals surface area contributed by atoms with Crippen LogP contribution in [0.15, 0.2) is 4.99 Å². The number of nitrogens with one attached hydrogen (secondary N) is 3. The molecule has 0 aliphatic carbocycles. The van der Waals surface area contributed by atoms with E-state index in [4.69, 9.17) is 22.3 Å². The number of hydrogen-bond donors (Lipinski definition) is 8. The molecule has 5 atom stereocenters. The van der Waals surface area contributed by atoms with Crippen molar-refractivity contribution in [1.82, 2.24) is 16.0 Å². The minimum atomic E-state index is -1.37. The van der Waals surface area contributed by atoms with E-state index in [1.165, 1.54) is 13.8 Å². The molecular formula is C18H35N7O6. The highest BCUT2D eigenvalue weighted by Gasteiger charge is 2.32. The number of amides is 3. The fraction of sp³-hybridized carbons (Fsp3) is 0.722. The summed E-state index contributed by atoms with van der Waals surface area (Å²) < 4.78 is 0. The van der Waals surface area contributed by atoms with Crippen LogP contribution in [0.2, 0.25) is 0 Å². The standard InChI is InChI=1S/C18H35N7O6/c1-8(2)12(19)15(28)25-13(10(4)26)16(29)24-11(6-5-7-22-18(20)21)14(27)23-9(3)17(30)31/h8-13,26H,5-7,19H2,1-4H3,(H,23,27)(H,24,29)(H,25,28)(H,30,31)(H4,20,21,22)/t9-,10+,11-,12-,13-/m0/s1. The van der Waals surface area contributed by atoms with E-state index in [0.717, 1.165) is 0 Å². The predicted molar refractivity (Wildman–Crippen MR) is 114 cm³/mol. The Kier molecular flexibility index (Phi) is 12.1. The molecule has 0 saturated heterocycles. The average molecular weight is 446 g/mol. The molecule has 0 saturated carbocycles. The Hall–Kier alpha value is -2.93. The lowest BCUT2D eigenvalue weighted by atomic mass is 10.0. The number of nitrogens with zero attached hydrogens (tertiary/aromatic N) is 1. The highest BCUT2D eigenvalue weighted by Crippen LogP contribution is 2.04. The Bertz CT molecular complexity index is 664. The molecule has 31 heavy (non-hydrogen) atoms. The van der Waals surface area contributed by atoms with Gasteiger partial charge in [0.1, 0.15) is 18.1 Å². The maximum absolute atomic E-state index is 12.7. The Morgan fingerprint density at radius 3 is 1.97 bits per heavy atom. The molecule has 0 aromatic heterocycles. The summed E-state index contributed by atoms with van der Waals surface area (Å²) in [5.41, 5.74) is 16.3. The molecule has 13 nitrogen and oxygen atoms in total. The van der Waals surface area contributed by atoms with Crippen molar-refractivity contribution in [2.24, 2.45) is 28.1 Å². The molecule has 0 fully saturated rings. The summed E-state index contributed by atoms with van der Waals surface area (Å²) in [6.45, 7) is 6.19. The number of carboxylic acids is 1. The van der Waals surface area contributed by atoms with Crippen molar-refractivity contribution in [2.75, 3.05) is 6.54 Å². The molecule has 0 bridgehead atoms. The third kappa shape index (κ3) is 10.6. The van der Waals surface area contributed by atoms with Gasteiger partial charge in [-0.15, -0.1) is 0 Å². The summed E-state index contributed by atoms with van der Waals surface area (Å²) in [6.07, 6.45) is -0.916. The maximum Gasteiger partial charge on any atom is 0.325 e. The summed E-state index contributed by atoms with van der Waals surface area (Å²) >= 11 is 0. The molecule has 0 unspecified atom stereocenters. The molecule has 11 N–H and O–H groups in total. The zero-order valence-electron chi connectivity index (χ0n) is 18.3. The summed E-state index contributed by atoms with van der Waals surface area (Å²) in [6, 6.07) is -4.62. The van der Waals surface area contributed by atoms with E-state index in [1.807, 2.05) is 0 Å². The normalized spacial score (nSPS) is 15.7. The average Bonchev–Trinajstić information content (AvgIpc) is 2.66. The van der Waals surface area contributed by atoms with Crippen LogP contribution in [0.4, 0.5) is 0 Å². The van der Waals surface area contributed by atoms with E-state index in [-0.39, 0.29) is 24.8 Å². The number of carboxylic acid groups (broad SMARTS) is 1. The quantitative estimate of drug-likeness (QED) is 0.0815. The van der Waals surface area contributed by atoms with Gasteiger partial charge in [-0.05, 0) is 32.6 Å². The van der Waals surface area contributed by atoms with Crippen molar-refractivity contribution in [3.63, 3.8) is 0 Å². The second-order valence-electron chi connectivity index (χ2n) is 7.58. The number of carbonyl (C=O) groups is 4. The highest BCUT2D eigenvalue weighted by molar-refractivity contribution is 5.94. The van der Waals surface area contributed by atoms with E-state index in [9.17, 15) is 24.3 Å². The number of aliphatic hydroxyl groups is 1. The number of aliphatic imine (C=N–C) groups is 1. The van der Waals surface area contributed by atoms with E-state index >= 15 is 0 Å². The molecular weight excluding hydrogens is 410 g/mol. The third-order valence-corrected chi connectivity index (χ3v) is 4.39. The van der Waals surface area contributed by atoms with Gasteiger partial charge < -0.3 is 43.4 Å². The molecule has 0 heterocycles. The van der Waals surface area contributed by atoms with E-state index in [1.54, 1.807) is 13.8 Å². The van der Waals surface area contributed by atoms with Crippen LogP contribution >= 0.6 is 0 Å². The van der Waals surface area contributed by atoms with Crippen molar-refractivity contribution in [2.45, 2.75) is 70.8 Å². The lowest BCUT2D eigenvalue weighted by molar-refractivity contribution is -0.142. The number of nitrogens with two attached hydrogens (primary N) is 3. The molecule has 178 valence electrons. The zero-order valence-corrected chi connectivity index (χ0v) is 18.3. The molecule has 0 aromatic rings. The molecule has 0 aliphatic heterocycles. The van der Waals surface area contributed by atoms with Gasteiger partial charge in [-0.2, -0.15) is 0 Å². The van der Waals surface area contributed by atoms with Crippen molar-refractivity contribution >= 4 is 29.7 Å². The lowest BCUT2D eigenvalue weighted by Crippen LogP contribution is -2.60. The van der Waals surface area contributed by atoms with Gasteiger partial charge in [-0.1, -0.05) is 13.8 Å². The molecule has 0 radical (unpaired) electrons. The fourth-order valence-electron chi connectivity index (χ4n) is 2.37. The monoisotopic (exact) mass is 445 g/mol. The number of aliphatic hydroxyl groups excluding tert-OH is 1. The topological polar surface area (TPSA) is 235 Å². The van der Waals surface area contributed by atoms with Crippen LogP contribution in [0, 0.1) is 5.92 Å². The van der Waals surface area contributed by atoms with Crippen LogP contribution in [-0.2, 0) is 19.2 Å². The Morgan fingerprint density at radius 2 is 1.52 bits per heavy atom. The van der Waals surface area contributed by atoms with Crippen LogP contribution in [0.25, 0.3) is 0 Å².